The Hall–Kier alpha value is -3.06. The quantitative estimate of drug-likeness (QED) is 0.425. The van der Waals surface area contributed by atoms with Crippen molar-refractivity contribution in [1.29, 1.82) is 0 Å². The van der Waals surface area contributed by atoms with Crippen molar-refractivity contribution < 1.29 is 16.1 Å². The number of hydrogen-bond donors (Lipinski definition) is 2. The van der Waals surface area contributed by atoms with Crippen LogP contribution in [0.5, 0.6) is 0 Å². The molecule has 0 radical (unpaired) electrons. The highest BCUT2D eigenvalue weighted by Gasteiger charge is 2.41. The third-order valence-electron chi connectivity index (χ3n) is 7.26. The van der Waals surface area contributed by atoms with Crippen LogP contribution >= 0.6 is 0 Å². The van der Waals surface area contributed by atoms with Gasteiger partial charge >= 0.3 is 0 Å². The summed E-state index contributed by atoms with van der Waals surface area (Å²) < 4.78 is 32.8. The highest BCUT2D eigenvalue weighted by Crippen LogP contribution is 2.37. The standard InChI is InChI=1S/C25H33N7O4S.2H2/c1-16-10-18(6-9-30(16)3)20-11-19(37(34,35)29-25(2)7-8-25)12-21-22(20)27-24(28-36-5)32(23(21)33)15-17-13-26-31(4)14-17;;/h6,11-14,16,29H,7-10,15H2,1-5H3,(H,27,28);2*1H/t16-;;/m1../s1. The Kier molecular flexibility index (Phi) is 6.47. The summed E-state index contributed by atoms with van der Waals surface area (Å²) in [6, 6.07) is 3.34. The lowest BCUT2D eigenvalue weighted by molar-refractivity contribution is 0.264. The van der Waals surface area contributed by atoms with Crippen LogP contribution in [-0.2, 0) is 28.5 Å². The zero-order valence-electron chi connectivity index (χ0n) is 21.8. The van der Waals surface area contributed by atoms with E-state index < -0.39 is 15.6 Å². The molecule has 0 amide bonds. The molecular formula is C25H37N7O4S. The molecule has 0 saturated heterocycles. The van der Waals surface area contributed by atoms with E-state index in [0.717, 1.165) is 24.0 Å². The van der Waals surface area contributed by atoms with Crippen LogP contribution in [0.3, 0.4) is 0 Å². The number of benzene rings is 1. The van der Waals surface area contributed by atoms with Gasteiger partial charge in [-0.1, -0.05) is 6.08 Å². The molecule has 3 heterocycles. The molecule has 11 nitrogen and oxygen atoms in total. The van der Waals surface area contributed by atoms with Crippen LogP contribution in [0, 0.1) is 0 Å². The number of aromatic nitrogens is 4. The van der Waals surface area contributed by atoms with Crippen LogP contribution in [0.4, 0.5) is 5.95 Å². The van der Waals surface area contributed by atoms with Gasteiger partial charge in [0.15, 0.2) is 0 Å². The molecule has 0 unspecified atom stereocenters. The molecule has 1 atom stereocenters. The predicted octanol–water partition coefficient (Wildman–Crippen LogP) is 2.58. The number of nitrogens with one attached hydrogen (secondary N) is 2. The molecule has 2 aliphatic rings. The molecule has 37 heavy (non-hydrogen) atoms. The molecule has 1 saturated carbocycles. The Morgan fingerprint density at radius 2 is 2.03 bits per heavy atom. The highest BCUT2D eigenvalue weighted by atomic mass is 32.2. The largest absolute Gasteiger partial charge is 0.300 e. The van der Waals surface area contributed by atoms with Gasteiger partial charge in [-0.15, -0.1) is 0 Å². The Labute approximate surface area is 219 Å². The average molecular weight is 532 g/mol. The maximum Gasteiger partial charge on any atom is 0.263 e. The number of hydrogen-bond acceptors (Lipinski definition) is 8. The summed E-state index contributed by atoms with van der Waals surface area (Å²) in [6.07, 6.45) is 7.83. The van der Waals surface area contributed by atoms with Gasteiger partial charge in [0.2, 0.25) is 16.0 Å². The Morgan fingerprint density at radius 1 is 1.27 bits per heavy atom. The van der Waals surface area contributed by atoms with Crippen molar-refractivity contribution in [2.24, 2.45) is 7.05 Å². The number of nitrogens with zero attached hydrogens (tertiary/aromatic N) is 5. The summed E-state index contributed by atoms with van der Waals surface area (Å²) in [4.78, 5) is 26.1. The van der Waals surface area contributed by atoms with E-state index in [2.05, 4.69) is 33.2 Å². The topological polar surface area (TPSA) is 123 Å². The van der Waals surface area contributed by atoms with Crippen LogP contribution in [-0.4, -0.2) is 64.9 Å². The Bertz CT molecular complexity index is 1560. The number of anilines is 1. The van der Waals surface area contributed by atoms with Gasteiger partial charge in [-0.05, 0) is 57.9 Å². The lowest BCUT2D eigenvalue weighted by atomic mass is 9.93. The second kappa shape index (κ2) is 9.35. The third-order valence-corrected chi connectivity index (χ3v) is 8.87. The summed E-state index contributed by atoms with van der Waals surface area (Å²) in [6.45, 7) is 4.91. The fraction of sp³-hybridized carbons (Fsp3) is 0.480. The second-order valence-electron chi connectivity index (χ2n) is 10.4. The van der Waals surface area contributed by atoms with Crippen molar-refractivity contribution in [2.45, 2.75) is 56.1 Å². The van der Waals surface area contributed by atoms with E-state index in [0.29, 0.717) is 24.0 Å². The number of fused-ring (bicyclic) bond motifs is 1. The average Bonchev–Trinajstić information content (AvgIpc) is 3.41. The Balaban J connectivity index is 0.00000210. The first-order valence-corrected chi connectivity index (χ1v) is 13.8. The molecule has 202 valence electrons. The lowest BCUT2D eigenvalue weighted by Gasteiger charge is -2.30. The first kappa shape index (κ1) is 25.6. The van der Waals surface area contributed by atoms with E-state index in [4.69, 9.17) is 9.82 Å². The van der Waals surface area contributed by atoms with Crippen LogP contribution < -0.4 is 15.8 Å². The Morgan fingerprint density at radius 3 is 2.65 bits per heavy atom. The van der Waals surface area contributed by atoms with Gasteiger partial charge in [0.05, 0.1) is 35.6 Å². The summed E-state index contributed by atoms with van der Waals surface area (Å²) in [5.41, 5.74) is 4.76. The summed E-state index contributed by atoms with van der Waals surface area (Å²) in [5.74, 6) is 0.228. The zero-order valence-corrected chi connectivity index (χ0v) is 22.6. The monoisotopic (exact) mass is 531 g/mol. The number of aryl methyl sites for hydroxylation is 1. The van der Waals surface area contributed by atoms with Crippen molar-refractivity contribution in [2.75, 3.05) is 26.2 Å². The number of rotatable bonds is 8. The van der Waals surface area contributed by atoms with Gasteiger partial charge < -0.3 is 0 Å². The van der Waals surface area contributed by atoms with E-state index in [9.17, 15) is 13.2 Å². The smallest absolute Gasteiger partial charge is 0.263 e. The molecular weight excluding hydrogens is 494 g/mol. The molecule has 1 aliphatic heterocycles. The molecule has 12 heteroatoms. The fourth-order valence-corrected chi connectivity index (χ4v) is 6.15. The summed E-state index contributed by atoms with van der Waals surface area (Å²) >= 11 is 0. The third kappa shape index (κ3) is 5.06. The normalized spacial score (nSPS) is 19.7. The van der Waals surface area contributed by atoms with Gasteiger partial charge in [0.25, 0.3) is 5.56 Å². The predicted molar refractivity (Wildman–Crippen MR) is 146 cm³/mol. The number of sulfonamides is 1. The highest BCUT2D eigenvalue weighted by molar-refractivity contribution is 7.89. The molecule has 1 aromatic carbocycles. The molecule has 1 fully saturated rings. The van der Waals surface area contributed by atoms with E-state index in [1.54, 1.807) is 24.0 Å². The molecule has 0 spiro atoms. The molecule has 0 bridgehead atoms. The minimum atomic E-state index is -3.86. The maximum absolute atomic E-state index is 13.9. The maximum atomic E-state index is 13.9. The van der Waals surface area contributed by atoms with Crippen molar-refractivity contribution in [3.05, 3.63) is 52.1 Å². The van der Waals surface area contributed by atoms with E-state index in [-0.39, 0.29) is 37.2 Å². The van der Waals surface area contributed by atoms with Crippen molar-refractivity contribution in [3.63, 3.8) is 0 Å². The molecule has 3 aromatic rings. The molecule has 2 aromatic heterocycles. The first-order chi connectivity index (χ1) is 17.5. The first-order valence-electron chi connectivity index (χ1n) is 12.3. The molecule has 1 aliphatic carbocycles. The molecule has 2 N–H and O–H groups in total. The van der Waals surface area contributed by atoms with E-state index in [1.165, 1.54) is 17.7 Å². The van der Waals surface area contributed by atoms with Gasteiger partial charge in [-0.2, -0.15) is 5.10 Å². The second-order valence-corrected chi connectivity index (χ2v) is 12.1. The van der Waals surface area contributed by atoms with Crippen molar-refractivity contribution in [3.8, 4) is 0 Å². The number of likely N-dealkylation sites (N-methyl/N-ethyl adjacent to an activating group) is 1. The van der Waals surface area contributed by atoms with Crippen LogP contribution in [0.2, 0.25) is 0 Å². The van der Waals surface area contributed by atoms with Crippen molar-refractivity contribution >= 4 is 32.4 Å². The van der Waals surface area contributed by atoms with Gasteiger partial charge in [0, 0.05) is 45.4 Å². The minimum absolute atomic E-state index is 0. The minimum Gasteiger partial charge on any atom is -0.300 e. The van der Waals surface area contributed by atoms with E-state index in [1.807, 2.05) is 20.2 Å². The zero-order chi connectivity index (χ0) is 26.5. The van der Waals surface area contributed by atoms with Crippen LogP contribution in [0.15, 0.2) is 40.3 Å². The molecule has 5 rings (SSSR count). The summed E-state index contributed by atoms with van der Waals surface area (Å²) in [5, 5.41) is 4.42. The van der Waals surface area contributed by atoms with Gasteiger partial charge in [0.1, 0.15) is 0 Å². The van der Waals surface area contributed by atoms with Crippen molar-refractivity contribution in [1.82, 2.24) is 29.0 Å². The van der Waals surface area contributed by atoms with E-state index >= 15 is 0 Å². The SMILES string of the molecule is CONc1nc2c(C3=CCN(C)[C@H](C)C3)cc(S(=O)(=O)NC3(C)CC3)cc2c(=O)n1Cc1cnn(C)c1.[HH].[HH]. The summed E-state index contributed by atoms with van der Waals surface area (Å²) in [7, 11) is 1.44. The van der Waals surface area contributed by atoms with Gasteiger partial charge in [-0.25, -0.2) is 23.6 Å². The fourth-order valence-electron chi connectivity index (χ4n) is 4.64. The van der Waals surface area contributed by atoms with Crippen LogP contribution in [0.1, 0.15) is 47.1 Å². The van der Waals surface area contributed by atoms with Gasteiger partial charge in [-0.3, -0.25) is 23.8 Å². The van der Waals surface area contributed by atoms with Crippen LogP contribution in [0.25, 0.3) is 16.5 Å². The lowest BCUT2D eigenvalue weighted by Crippen LogP contribution is -2.35.